The van der Waals surface area contributed by atoms with Gasteiger partial charge in [-0.3, -0.25) is 9.59 Å². The molecule has 0 bridgehead atoms. The number of rotatable bonds is 6. The summed E-state index contributed by atoms with van der Waals surface area (Å²) in [6.45, 7) is 8.77. The number of halogens is 7. The highest BCUT2D eigenvalue weighted by atomic mass is 35.5. The normalized spacial score (nSPS) is 16.8. The minimum absolute atomic E-state index is 0.0229. The molecule has 49 heavy (non-hydrogen) atoms. The fraction of sp³-hybridized carbons (Fsp3) is 0.333. The average Bonchev–Trinajstić information content (AvgIpc) is 3.53. The van der Waals surface area contributed by atoms with Crippen molar-refractivity contribution in [1.82, 2.24) is 0 Å². The quantitative estimate of drug-likeness (QED) is 0.214. The first kappa shape index (κ1) is 38.5. The lowest BCUT2D eigenvalue weighted by atomic mass is 9.85. The van der Waals surface area contributed by atoms with E-state index in [0.29, 0.717) is 16.7 Å². The van der Waals surface area contributed by atoms with Crippen molar-refractivity contribution >= 4 is 99.1 Å². The minimum atomic E-state index is -1.92. The molecule has 2 atom stereocenters. The molecule has 1 fully saturated rings. The highest BCUT2D eigenvalue weighted by Crippen LogP contribution is 2.65. The largest absolute Gasteiger partial charge is 0.464 e. The maximum Gasteiger partial charge on any atom is 0.424 e. The van der Waals surface area contributed by atoms with Crippen LogP contribution < -0.4 is 15.5 Å². The van der Waals surface area contributed by atoms with Gasteiger partial charge in [0, 0.05) is 17.2 Å². The fourth-order valence-corrected chi connectivity index (χ4v) is 6.42. The van der Waals surface area contributed by atoms with Crippen molar-refractivity contribution in [2.75, 3.05) is 15.5 Å². The van der Waals surface area contributed by atoms with Gasteiger partial charge >= 0.3 is 12.2 Å². The molecule has 9 nitrogen and oxygen atoms in total. The molecule has 3 aromatic carbocycles. The Morgan fingerprint density at radius 3 is 2.02 bits per heavy atom. The second-order valence-corrected chi connectivity index (χ2v) is 15.9. The highest BCUT2D eigenvalue weighted by molar-refractivity contribution is 6.53. The van der Waals surface area contributed by atoms with Crippen LogP contribution in [0, 0.1) is 17.6 Å². The van der Waals surface area contributed by atoms with E-state index < -0.39 is 79.8 Å². The van der Waals surface area contributed by atoms with Crippen molar-refractivity contribution in [3.8, 4) is 0 Å². The summed E-state index contributed by atoms with van der Waals surface area (Å²) in [5.74, 6) is -5.71. The lowest BCUT2D eigenvalue weighted by Gasteiger charge is -2.28. The van der Waals surface area contributed by atoms with Crippen LogP contribution in [0.25, 0.3) is 0 Å². The van der Waals surface area contributed by atoms with Crippen LogP contribution in [0.1, 0.15) is 68.9 Å². The average molecular weight is 780 g/mol. The van der Waals surface area contributed by atoms with Gasteiger partial charge in [0.1, 0.15) is 9.93 Å². The Hall–Kier alpha value is -3.35. The molecule has 1 aliphatic carbocycles. The first-order valence-corrected chi connectivity index (χ1v) is 16.4. The Kier molecular flexibility index (Phi) is 10.8. The lowest BCUT2D eigenvalue weighted by molar-refractivity contribution is -0.117. The molecule has 1 aliphatic rings. The van der Waals surface area contributed by atoms with Gasteiger partial charge in [-0.25, -0.2) is 18.4 Å². The molecule has 0 heterocycles. The monoisotopic (exact) mass is 777 g/mol. The summed E-state index contributed by atoms with van der Waals surface area (Å²) >= 11 is 31.3. The first-order chi connectivity index (χ1) is 22.5. The Labute approximate surface area is 305 Å². The molecular weight excluding hydrogens is 750 g/mol. The van der Waals surface area contributed by atoms with E-state index >= 15 is 8.78 Å². The number of nitrogens with zero attached hydrogens (tertiary/aromatic N) is 1. The zero-order valence-corrected chi connectivity index (χ0v) is 30.6. The number of carbonyl (C=O) groups is 4. The molecule has 3 aromatic rings. The van der Waals surface area contributed by atoms with Crippen molar-refractivity contribution in [3.63, 3.8) is 0 Å². The van der Waals surface area contributed by atoms with Crippen LogP contribution in [0.3, 0.4) is 0 Å². The molecule has 4 rings (SSSR count). The predicted octanol–water partition coefficient (Wildman–Crippen LogP) is 10.4. The van der Waals surface area contributed by atoms with Gasteiger partial charge in [0.2, 0.25) is 5.91 Å². The molecule has 0 aliphatic heterocycles. The number of ether oxygens (including phenoxy) is 1. The minimum Gasteiger partial charge on any atom is -0.464 e. The number of alkyl halides is 2. The van der Waals surface area contributed by atoms with E-state index in [1.165, 1.54) is 59.7 Å². The third kappa shape index (κ3) is 8.18. The van der Waals surface area contributed by atoms with Gasteiger partial charge in [0.15, 0.2) is 11.6 Å². The summed E-state index contributed by atoms with van der Waals surface area (Å²) in [6, 6.07) is 9.31. The lowest BCUT2D eigenvalue weighted by Crippen LogP contribution is -2.41. The van der Waals surface area contributed by atoms with E-state index in [0.717, 1.165) is 0 Å². The van der Waals surface area contributed by atoms with Crippen LogP contribution in [0.15, 0.2) is 42.5 Å². The number of nitrogens with one attached hydrogen (secondary N) is 2. The topological polar surface area (TPSA) is 125 Å². The number of carboxylic acid groups (broad SMARTS) is 1. The Morgan fingerprint density at radius 2 is 1.47 bits per heavy atom. The van der Waals surface area contributed by atoms with Crippen molar-refractivity contribution < 1.29 is 37.8 Å². The van der Waals surface area contributed by atoms with Gasteiger partial charge in [0.25, 0.3) is 5.91 Å². The molecule has 4 amide bonds. The van der Waals surface area contributed by atoms with Crippen LogP contribution in [0.4, 0.5) is 35.4 Å². The number of amides is 4. The fourth-order valence-electron chi connectivity index (χ4n) is 5.08. The highest BCUT2D eigenvalue weighted by Gasteiger charge is 2.67. The molecule has 0 saturated heterocycles. The molecule has 0 aromatic heterocycles. The van der Waals surface area contributed by atoms with E-state index in [2.05, 4.69) is 10.6 Å². The smallest absolute Gasteiger partial charge is 0.424 e. The van der Waals surface area contributed by atoms with Crippen LogP contribution in [0.5, 0.6) is 0 Å². The molecule has 1 saturated carbocycles. The van der Waals surface area contributed by atoms with Gasteiger partial charge in [-0.05, 0) is 68.1 Å². The van der Waals surface area contributed by atoms with Gasteiger partial charge in [0.05, 0.1) is 37.9 Å². The standard InChI is InChI=1S/C33H30Cl5F2N3O6/c1-31(2,3)24-25(39)20(13-21(26(24)40)43(29(46)47)30(48)49-32(4,5)6)42-27(44)16-12-15(8-10-17(16)34)41-28(45)23-22(33(23,37)38)14-7-9-18(35)19(36)11-14/h7-13,22-23H,1-6H3,(H,41,45)(H,42,44)(H,46,47)/t22-,23+/m0/s1. The second-order valence-electron chi connectivity index (χ2n) is 13.2. The van der Waals surface area contributed by atoms with Crippen LogP contribution in [-0.4, -0.2) is 39.0 Å². The summed E-state index contributed by atoms with van der Waals surface area (Å²) in [7, 11) is 0. The molecular formula is C33H30Cl5F2N3O6. The van der Waals surface area contributed by atoms with Gasteiger partial charge in [-0.15, -0.1) is 23.2 Å². The molecule has 0 radical (unpaired) electrons. The van der Waals surface area contributed by atoms with Crippen LogP contribution in [0.2, 0.25) is 15.1 Å². The summed E-state index contributed by atoms with van der Waals surface area (Å²) in [5.41, 5.74) is -4.17. The summed E-state index contributed by atoms with van der Waals surface area (Å²) in [6.07, 6.45) is -3.37. The number of benzene rings is 3. The third-order valence-corrected chi connectivity index (χ3v) is 9.31. The second kappa shape index (κ2) is 13.8. The zero-order valence-electron chi connectivity index (χ0n) is 26.8. The predicted molar refractivity (Wildman–Crippen MR) is 187 cm³/mol. The Morgan fingerprint density at radius 1 is 0.857 bits per heavy atom. The summed E-state index contributed by atoms with van der Waals surface area (Å²) in [4.78, 5) is 51.7. The summed E-state index contributed by atoms with van der Waals surface area (Å²) < 4.78 is 35.4. The molecule has 0 unspecified atom stereocenters. The first-order valence-electron chi connectivity index (χ1n) is 14.5. The van der Waals surface area contributed by atoms with Gasteiger partial charge < -0.3 is 20.5 Å². The van der Waals surface area contributed by atoms with Crippen LogP contribution >= 0.6 is 58.0 Å². The van der Waals surface area contributed by atoms with E-state index in [9.17, 15) is 24.3 Å². The van der Waals surface area contributed by atoms with E-state index in [4.69, 9.17) is 62.7 Å². The van der Waals surface area contributed by atoms with Crippen molar-refractivity contribution in [1.29, 1.82) is 0 Å². The molecule has 0 spiro atoms. The van der Waals surface area contributed by atoms with Crippen molar-refractivity contribution in [2.45, 2.75) is 62.8 Å². The van der Waals surface area contributed by atoms with E-state index in [1.807, 2.05) is 0 Å². The van der Waals surface area contributed by atoms with Crippen LogP contribution in [-0.2, 0) is 14.9 Å². The maximum atomic E-state index is 15.9. The summed E-state index contributed by atoms with van der Waals surface area (Å²) in [5, 5.41) is 15.2. The Bertz CT molecular complexity index is 1880. The van der Waals surface area contributed by atoms with E-state index in [1.54, 1.807) is 18.2 Å². The number of hydrogen-bond donors (Lipinski definition) is 3. The SMILES string of the molecule is CC(C)(C)OC(=O)N(C(=O)O)c1cc(NC(=O)c2cc(NC(=O)[C@H]3[C@H](c4ccc(Cl)c(Cl)c4)C3(Cl)Cl)ccc2Cl)c(F)c(C(C)(C)C)c1F. The van der Waals surface area contributed by atoms with E-state index in [-0.39, 0.29) is 26.2 Å². The number of anilines is 3. The maximum absolute atomic E-state index is 15.9. The van der Waals surface area contributed by atoms with Crippen molar-refractivity contribution in [2.24, 2.45) is 5.92 Å². The molecule has 16 heteroatoms. The number of hydrogen-bond acceptors (Lipinski definition) is 5. The van der Waals surface area contributed by atoms with Crippen molar-refractivity contribution in [3.05, 3.63) is 85.9 Å². The number of carbonyl (C=O) groups excluding carboxylic acids is 3. The molecule has 3 N–H and O–H groups in total. The van der Waals surface area contributed by atoms with Gasteiger partial charge in [-0.1, -0.05) is 61.6 Å². The van der Waals surface area contributed by atoms with Gasteiger partial charge in [-0.2, -0.15) is 4.90 Å². The molecule has 262 valence electrons. The third-order valence-electron chi connectivity index (χ3n) is 7.31. The number of imide groups is 1. The zero-order chi connectivity index (χ0) is 37.0. The Balaban J connectivity index is 1.66.